The summed E-state index contributed by atoms with van der Waals surface area (Å²) >= 11 is 0. The second-order valence-electron chi connectivity index (χ2n) is 10.7. The molecule has 6 heteroatoms. The summed E-state index contributed by atoms with van der Waals surface area (Å²) in [7, 11) is 0. The van der Waals surface area contributed by atoms with Crippen LogP contribution in [0.5, 0.6) is 0 Å². The van der Waals surface area contributed by atoms with Crippen molar-refractivity contribution in [1.82, 2.24) is 9.55 Å². The van der Waals surface area contributed by atoms with Crippen LogP contribution < -0.4 is 4.90 Å². The van der Waals surface area contributed by atoms with Gasteiger partial charge in [-0.05, 0) is 59.2 Å². The van der Waals surface area contributed by atoms with Crippen LogP contribution >= 0.6 is 0 Å². The van der Waals surface area contributed by atoms with Gasteiger partial charge in [-0.3, -0.25) is 14.6 Å². The molecule has 2 amide bonds. The smallest absolute Gasteiger partial charge is 0.268 e. The highest BCUT2D eigenvalue weighted by Crippen LogP contribution is 2.41. The number of rotatable bonds is 4. The fraction of sp³-hybridized carbons (Fsp3) is 0. The monoisotopic (exact) mass is 566 g/mol. The van der Waals surface area contributed by atoms with E-state index in [1.807, 2.05) is 103 Å². The third-order valence-corrected chi connectivity index (χ3v) is 8.22. The number of para-hydroxylation sites is 2. The van der Waals surface area contributed by atoms with Gasteiger partial charge in [0, 0.05) is 28.7 Å². The first-order chi connectivity index (χ1) is 21.6. The Balaban J connectivity index is 1.32. The summed E-state index contributed by atoms with van der Waals surface area (Å²) in [6.45, 7) is 7.38. The molecular weight excluding hydrogens is 544 g/mol. The molecule has 7 aromatic rings. The molecule has 8 rings (SSSR count). The standard InChI is InChI=1S/C38H22N4O2/c1-39-27-20-26(22-40-23-27)25-18-19-34-31(21-25)29-13-6-8-16-33(29)41(34)35-17-9-14-30-36(35)38(44)42(37(30)43)32-15-7-5-12-28(32)24-10-3-2-4-11-24/h2-23H. The second kappa shape index (κ2) is 9.90. The molecule has 3 heterocycles. The van der Waals surface area contributed by atoms with Crippen LogP contribution in [0, 0.1) is 6.57 Å². The molecule has 0 aliphatic carbocycles. The molecule has 2 aromatic heterocycles. The highest BCUT2D eigenvalue weighted by molar-refractivity contribution is 6.36. The highest BCUT2D eigenvalue weighted by atomic mass is 16.2. The van der Waals surface area contributed by atoms with Crippen molar-refractivity contribution in [2.24, 2.45) is 0 Å². The first-order valence-corrected chi connectivity index (χ1v) is 14.2. The number of anilines is 1. The number of benzene rings is 5. The number of hydrogen-bond acceptors (Lipinski definition) is 3. The van der Waals surface area contributed by atoms with Crippen LogP contribution in [0.2, 0.25) is 0 Å². The summed E-state index contributed by atoms with van der Waals surface area (Å²) < 4.78 is 2.07. The Kier molecular flexibility index (Phi) is 5.71. The highest BCUT2D eigenvalue weighted by Gasteiger charge is 2.40. The van der Waals surface area contributed by atoms with Crippen LogP contribution in [0.15, 0.2) is 134 Å². The summed E-state index contributed by atoms with van der Waals surface area (Å²) in [5.41, 5.74) is 7.78. The molecule has 0 spiro atoms. The molecule has 44 heavy (non-hydrogen) atoms. The lowest BCUT2D eigenvalue weighted by atomic mass is 10.0. The van der Waals surface area contributed by atoms with Gasteiger partial charge in [-0.25, -0.2) is 9.74 Å². The normalized spacial score (nSPS) is 12.6. The maximum absolute atomic E-state index is 14.3. The van der Waals surface area contributed by atoms with E-state index < -0.39 is 0 Å². The van der Waals surface area contributed by atoms with Crippen molar-refractivity contribution in [1.29, 1.82) is 0 Å². The number of imide groups is 1. The van der Waals surface area contributed by atoms with E-state index in [9.17, 15) is 9.59 Å². The summed E-state index contributed by atoms with van der Waals surface area (Å²) in [5, 5.41) is 2.01. The van der Waals surface area contributed by atoms with E-state index in [1.54, 1.807) is 18.5 Å². The van der Waals surface area contributed by atoms with Gasteiger partial charge in [0.05, 0.1) is 40.1 Å². The van der Waals surface area contributed by atoms with Gasteiger partial charge >= 0.3 is 0 Å². The van der Waals surface area contributed by atoms with Crippen molar-refractivity contribution >= 4 is 45.0 Å². The van der Waals surface area contributed by atoms with Gasteiger partial charge in [-0.15, -0.1) is 0 Å². The number of carbonyl (C=O) groups excluding carboxylic acids is 2. The minimum absolute atomic E-state index is 0.342. The van der Waals surface area contributed by atoms with Gasteiger partial charge in [0.15, 0.2) is 0 Å². The van der Waals surface area contributed by atoms with Gasteiger partial charge < -0.3 is 4.57 Å². The molecule has 0 atom stereocenters. The third kappa shape index (κ3) is 3.77. The van der Waals surface area contributed by atoms with Gasteiger partial charge in [0.1, 0.15) is 0 Å². The SMILES string of the molecule is [C-]#[N+]c1cncc(-c2ccc3c(c2)c2ccccc2n3-c2cccc3c2C(=O)N(c2ccccc2-c2ccccc2)C3=O)c1. The average molecular weight is 567 g/mol. The van der Waals surface area contributed by atoms with Gasteiger partial charge in [-0.1, -0.05) is 78.9 Å². The number of amides is 2. The lowest BCUT2D eigenvalue weighted by molar-refractivity contribution is 0.0926. The Bertz CT molecular complexity index is 2350. The molecule has 0 N–H and O–H groups in total. The second-order valence-corrected chi connectivity index (χ2v) is 10.7. The first kappa shape index (κ1) is 25.4. The molecule has 6 nitrogen and oxygen atoms in total. The van der Waals surface area contributed by atoms with Gasteiger partial charge in [0.25, 0.3) is 11.8 Å². The van der Waals surface area contributed by atoms with E-state index in [-0.39, 0.29) is 11.8 Å². The minimum Gasteiger partial charge on any atom is -0.308 e. The fourth-order valence-electron chi connectivity index (χ4n) is 6.26. The van der Waals surface area contributed by atoms with Crippen LogP contribution in [-0.4, -0.2) is 21.4 Å². The summed E-state index contributed by atoms with van der Waals surface area (Å²) in [4.78, 5) is 37.4. The molecule has 0 saturated heterocycles. The zero-order valence-corrected chi connectivity index (χ0v) is 23.3. The average Bonchev–Trinajstić information content (AvgIpc) is 3.55. The van der Waals surface area contributed by atoms with Gasteiger partial charge in [-0.2, -0.15) is 0 Å². The molecule has 0 saturated carbocycles. The number of fused-ring (bicyclic) bond motifs is 4. The van der Waals surface area contributed by atoms with Gasteiger partial charge in [0.2, 0.25) is 5.69 Å². The van der Waals surface area contributed by atoms with Crippen LogP contribution in [0.4, 0.5) is 11.4 Å². The van der Waals surface area contributed by atoms with E-state index in [4.69, 9.17) is 6.57 Å². The maximum Gasteiger partial charge on any atom is 0.268 e. The summed E-state index contributed by atoms with van der Waals surface area (Å²) in [6, 6.07) is 38.8. The van der Waals surface area contributed by atoms with Crippen molar-refractivity contribution < 1.29 is 9.59 Å². The summed E-state index contributed by atoms with van der Waals surface area (Å²) in [5.74, 6) is -0.695. The lowest BCUT2D eigenvalue weighted by Crippen LogP contribution is -2.30. The molecule has 1 aliphatic rings. The predicted octanol–water partition coefficient (Wildman–Crippen LogP) is 8.86. The molecule has 0 unspecified atom stereocenters. The minimum atomic E-state index is -0.353. The quantitative estimate of drug-likeness (QED) is 0.158. The Morgan fingerprint density at radius 1 is 0.568 bits per heavy atom. The Morgan fingerprint density at radius 3 is 2.16 bits per heavy atom. The van der Waals surface area contributed by atoms with E-state index >= 15 is 0 Å². The van der Waals surface area contributed by atoms with Crippen LogP contribution in [0.3, 0.4) is 0 Å². The Labute approximate surface area is 252 Å². The predicted molar refractivity (Wildman–Crippen MR) is 173 cm³/mol. The van der Waals surface area contributed by atoms with Crippen molar-refractivity contribution in [3.05, 3.63) is 156 Å². The summed E-state index contributed by atoms with van der Waals surface area (Å²) in [6.07, 6.45) is 3.31. The first-order valence-electron chi connectivity index (χ1n) is 14.2. The topological polar surface area (TPSA) is 59.6 Å². The lowest BCUT2D eigenvalue weighted by Gasteiger charge is -2.18. The molecule has 0 fully saturated rings. The number of hydrogen-bond donors (Lipinski definition) is 0. The molecule has 0 bridgehead atoms. The van der Waals surface area contributed by atoms with E-state index in [0.717, 1.165) is 44.1 Å². The molecular formula is C38H22N4O2. The Hall–Kier alpha value is -6.32. The van der Waals surface area contributed by atoms with E-state index in [1.165, 1.54) is 4.90 Å². The number of pyridine rings is 1. The largest absolute Gasteiger partial charge is 0.308 e. The number of carbonyl (C=O) groups is 2. The Morgan fingerprint density at radius 2 is 1.30 bits per heavy atom. The zero-order chi connectivity index (χ0) is 29.8. The van der Waals surface area contributed by atoms with Crippen molar-refractivity contribution in [3.8, 4) is 27.9 Å². The van der Waals surface area contributed by atoms with Crippen molar-refractivity contribution in [2.45, 2.75) is 0 Å². The molecule has 5 aromatic carbocycles. The van der Waals surface area contributed by atoms with Crippen LogP contribution in [-0.2, 0) is 0 Å². The molecule has 1 aliphatic heterocycles. The number of aromatic nitrogens is 2. The van der Waals surface area contributed by atoms with Crippen molar-refractivity contribution in [3.63, 3.8) is 0 Å². The molecule has 206 valence electrons. The van der Waals surface area contributed by atoms with Crippen LogP contribution in [0.1, 0.15) is 20.7 Å². The molecule has 0 radical (unpaired) electrons. The maximum atomic E-state index is 14.3. The van der Waals surface area contributed by atoms with Crippen molar-refractivity contribution in [2.75, 3.05) is 4.90 Å². The third-order valence-electron chi connectivity index (χ3n) is 8.22. The number of nitrogens with zero attached hydrogens (tertiary/aromatic N) is 4. The fourth-order valence-corrected chi connectivity index (χ4v) is 6.26. The van der Waals surface area contributed by atoms with E-state index in [2.05, 4.69) is 26.5 Å². The van der Waals surface area contributed by atoms with Crippen LogP contribution in [0.25, 0.3) is 54.6 Å². The zero-order valence-electron chi connectivity index (χ0n) is 23.3. The van der Waals surface area contributed by atoms with E-state index in [0.29, 0.717) is 28.2 Å².